The van der Waals surface area contributed by atoms with Crippen LogP contribution in [0.1, 0.15) is 10.6 Å². The first-order valence-electron chi connectivity index (χ1n) is 8.23. The summed E-state index contributed by atoms with van der Waals surface area (Å²) < 4.78 is 44.3. The predicted octanol–water partition coefficient (Wildman–Crippen LogP) is 4.11. The molecule has 1 aromatic heterocycles. The number of amides is 1. The zero-order valence-corrected chi connectivity index (χ0v) is 17.8. The second-order valence-electron chi connectivity index (χ2n) is 5.75. The number of anilines is 2. The maximum atomic E-state index is 12.9. The number of halogens is 1. The summed E-state index contributed by atoms with van der Waals surface area (Å²) in [5.74, 6) is 0.288. The molecule has 0 saturated heterocycles. The molecule has 0 unspecified atom stereocenters. The van der Waals surface area contributed by atoms with Crippen LogP contribution in [0.15, 0.2) is 68.6 Å². The molecule has 2 N–H and O–H groups in total. The third-order valence-corrected chi connectivity index (χ3v) is 5.88. The molecule has 0 radical (unpaired) electrons. The minimum atomic E-state index is -4.02. The van der Waals surface area contributed by atoms with Gasteiger partial charge in [0.15, 0.2) is 5.76 Å². The van der Waals surface area contributed by atoms with Gasteiger partial charge in [-0.25, -0.2) is 8.42 Å². The summed E-state index contributed by atoms with van der Waals surface area (Å²) in [6, 6.07) is 12.1. The number of ether oxygens (including phenoxy) is 2. The highest BCUT2D eigenvalue weighted by Crippen LogP contribution is 2.32. The maximum absolute atomic E-state index is 12.9. The first-order chi connectivity index (χ1) is 13.8. The van der Waals surface area contributed by atoms with Crippen molar-refractivity contribution < 1.29 is 27.1 Å². The van der Waals surface area contributed by atoms with Gasteiger partial charge in [0.2, 0.25) is 0 Å². The van der Waals surface area contributed by atoms with Crippen molar-refractivity contribution in [3.63, 3.8) is 0 Å². The van der Waals surface area contributed by atoms with Gasteiger partial charge in [0, 0.05) is 5.69 Å². The minimum absolute atomic E-state index is 0.103. The quantitative estimate of drug-likeness (QED) is 0.526. The number of hydrogen-bond acceptors (Lipinski definition) is 6. The normalized spacial score (nSPS) is 11.0. The fourth-order valence-corrected chi connectivity index (χ4v) is 4.29. The Morgan fingerprint density at radius 2 is 1.69 bits per heavy atom. The van der Waals surface area contributed by atoms with E-state index in [2.05, 4.69) is 26.0 Å². The van der Waals surface area contributed by atoms with Gasteiger partial charge in [0.25, 0.3) is 15.9 Å². The van der Waals surface area contributed by atoms with Crippen LogP contribution in [0.5, 0.6) is 11.5 Å². The van der Waals surface area contributed by atoms with Gasteiger partial charge in [0.05, 0.1) is 30.6 Å². The Hall–Kier alpha value is -2.98. The van der Waals surface area contributed by atoms with E-state index in [0.29, 0.717) is 15.9 Å². The molecule has 0 bridgehead atoms. The Kier molecular flexibility index (Phi) is 6.14. The lowest BCUT2D eigenvalue weighted by Crippen LogP contribution is -2.16. The van der Waals surface area contributed by atoms with Crippen LogP contribution in [-0.4, -0.2) is 28.5 Å². The van der Waals surface area contributed by atoms with Gasteiger partial charge in [-0.15, -0.1) is 0 Å². The van der Waals surface area contributed by atoms with Crippen LogP contribution >= 0.6 is 15.9 Å². The molecule has 1 heterocycles. The Morgan fingerprint density at radius 3 is 2.31 bits per heavy atom. The number of rotatable bonds is 7. The monoisotopic (exact) mass is 480 g/mol. The van der Waals surface area contributed by atoms with Crippen LogP contribution in [-0.2, 0) is 10.0 Å². The molecule has 0 aliphatic carbocycles. The largest absolute Gasteiger partial charge is 0.496 e. The number of furan rings is 1. The first kappa shape index (κ1) is 20.7. The van der Waals surface area contributed by atoms with E-state index in [1.165, 1.54) is 44.7 Å². The molecule has 29 heavy (non-hydrogen) atoms. The van der Waals surface area contributed by atoms with E-state index >= 15 is 0 Å². The zero-order valence-electron chi connectivity index (χ0n) is 15.4. The third kappa shape index (κ3) is 4.72. The van der Waals surface area contributed by atoms with Gasteiger partial charge >= 0.3 is 0 Å². The first-order valence-corrected chi connectivity index (χ1v) is 10.5. The van der Waals surface area contributed by atoms with E-state index in [4.69, 9.17) is 13.9 Å². The van der Waals surface area contributed by atoms with E-state index in [-0.39, 0.29) is 22.1 Å². The van der Waals surface area contributed by atoms with E-state index < -0.39 is 15.9 Å². The Bertz CT molecular complexity index is 1130. The smallest absolute Gasteiger partial charge is 0.291 e. The fraction of sp³-hybridized carbons (Fsp3) is 0.105. The third-order valence-electron chi connectivity index (χ3n) is 3.86. The molecule has 0 atom stereocenters. The summed E-state index contributed by atoms with van der Waals surface area (Å²) in [4.78, 5) is 12.0. The van der Waals surface area contributed by atoms with E-state index in [1.54, 1.807) is 24.3 Å². The number of carbonyl (C=O) groups is 1. The van der Waals surface area contributed by atoms with Crippen molar-refractivity contribution in [3.05, 3.63) is 65.0 Å². The summed E-state index contributed by atoms with van der Waals surface area (Å²) in [6.45, 7) is 0. The summed E-state index contributed by atoms with van der Waals surface area (Å²) >= 11 is 3.32. The molecule has 10 heteroatoms. The molecule has 8 nitrogen and oxygen atoms in total. The molecule has 3 rings (SSSR count). The van der Waals surface area contributed by atoms with Gasteiger partial charge in [-0.3, -0.25) is 9.52 Å². The second-order valence-corrected chi connectivity index (χ2v) is 8.26. The van der Waals surface area contributed by atoms with Crippen molar-refractivity contribution in [2.45, 2.75) is 4.90 Å². The fourth-order valence-electron chi connectivity index (χ4n) is 2.50. The van der Waals surface area contributed by atoms with E-state index in [9.17, 15) is 13.2 Å². The van der Waals surface area contributed by atoms with Crippen LogP contribution in [0, 0.1) is 0 Å². The van der Waals surface area contributed by atoms with Crippen molar-refractivity contribution in [2.75, 3.05) is 24.3 Å². The molecule has 152 valence electrons. The average Bonchev–Trinajstić information content (AvgIpc) is 3.23. The van der Waals surface area contributed by atoms with Crippen LogP contribution in [0.25, 0.3) is 0 Å². The number of carbonyl (C=O) groups excluding carboxylic acids is 1. The number of nitrogens with one attached hydrogen (secondary N) is 2. The molecule has 2 aromatic carbocycles. The summed E-state index contributed by atoms with van der Waals surface area (Å²) in [7, 11) is -1.14. The molecule has 0 fully saturated rings. The van der Waals surface area contributed by atoms with Crippen LogP contribution in [0.3, 0.4) is 0 Å². The number of benzene rings is 2. The lowest BCUT2D eigenvalue weighted by Gasteiger charge is -2.14. The van der Waals surface area contributed by atoms with Crippen molar-refractivity contribution in [1.29, 1.82) is 0 Å². The number of sulfonamides is 1. The minimum Gasteiger partial charge on any atom is -0.496 e. The highest BCUT2D eigenvalue weighted by molar-refractivity contribution is 9.10. The molecular formula is C19H17BrN2O6S. The standard InChI is InChI=1S/C19H17BrN2O6S/c1-26-15-7-6-13(10-14(15)20)22-29(24,25)18-11-12(5-8-16(18)27-2)21-19(23)17-4-3-9-28-17/h3-11,22H,1-2H3,(H,21,23). The van der Waals surface area contributed by atoms with Crippen molar-refractivity contribution in [3.8, 4) is 11.5 Å². The summed E-state index contributed by atoms with van der Waals surface area (Å²) in [6.07, 6.45) is 1.37. The van der Waals surface area contributed by atoms with Crippen molar-refractivity contribution in [2.24, 2.45) is 0 Å². The van der Waals surface area contributed by atoms with Crippen molar-refractivity contribution in [1.82, 2.24) is 0 Å². The van der Waals surface area contributed by atoms with Gasteiger partial charge in [-0.1, -0.05) is 0 Å². The van der Waals surface area contributed by atoms with Crippen LogP contribution in [0.2, 0.25) is 0 Å². The number of methoxy groups -OCH3 is 2. The average molecular weight is 481 g/mol. The lowest BCUT2D eigenvalue weighted by molar-refractivity contribution is 0.0996. The lowest BCUT2D eigenvalue weighted by atomic mass is 10.3. The Morgan fingerprint density at radius 1 is 1.00 bits per heavy atom. The molecule has 1 amide bonds. The molecule has 0 aliphatic rings. The maximum Gasteiger partial charge on any atom is 0.291 e. The van der Waals surface area contributed by atoms with E-state index in [1.807, 2.05) is 0 Å². The highest BCUT2D eigenvalue weighted by Gasteiger charge is 2.22. The van der Waals surface area contributed by atoms with Crippen LogP contribution in [0.4, 0.5) is 11.4 Å². The molecule has 0 saturated carbocycles. The SMILES string of the molecule is COc1ccc(NS(=O)(=O)c2cc(NC(=O)c3ccco3)ccc2OC)cc1Br. The summed E-state index contributed by atoms with van der Waals surface area (Å²) in [5.41, 5.74) is 0.591. The van der Waals surface area contributed by atoms with Gasteiger partial charge in [-0.2, -0.15) is 0 Å². The molecule has 0 spiro atoms. The van der Waals surface area contributed by atoms with E-state index in [0.717, 1.165) is 0 Å². The Labute approximate surface area is 176 Å². The van der Waals surface area contributed by atoms with Gasteiger partial charge < -0.3 is 19.2 Å². The molecule has 0 aliphatic heterocycles. The van der Waals surface area contributed by atoms with Gasteiger partial charge in [0.1, 0.15) is 16.4 Å². The van der Waals surface area contributed by atoms with Crippen molar-refractivity contribution >= 4 is 43.2 Å². The van der Waals surface area contributed by atoms with Crippen LogP contribution < -0.4 is 19.5 Å². The predicted molar refractivity (Wildman–Crippen MR) is 111 cm³/mol. The highest BCUT2D eigenvalue weighted by atomic mass is 79.9. The summed E-state index contributed by atoms with van der Waals surface area (Å²) in [5, 5.41) is 2.59. The topological polar surface area (TPSA) is 107 Å². The molecule has 3 aromatic rings. The Balaban J connectivity index is 1.90. The van der Waals surface area contributed by atoms with Gasteiger partial charge in [-0.05, 0) is 64.5 Å². The second kappa shape index (κ2) is 8.58. The number of hydrogen-bond donors (Lipinski definition) is 2. The molecular weight excluding hydrogens is 464 g/mol. The zero-order chi connectivity index (χ0) is 21.0.